The highest BCUT2D eigenvalue weighted by molar-refractivity contribution is 6.32. The topological polar surface area (TPSA) is 102 Å². The summed E-state index contributed by atoms with van der Waals surface area (Å²) in [6.07, 6.45) is 2.69. The molecule has 1 amide bonds. The SMILES string of the molecule is COc1cc2ncc(CNc3ncnc(N4C(=O)OC[C@@H]4C(C)C)n3)cc2cc1Cl. The molecule has 10 heteroatoms. The number of rotatable bonds is 6. The summed E-state index contributed by atoms with van der Waals surface area (Å²) in [5.41, 5.74) is 1.71. The second kappa shape index (κ2) is 8.27. The summed E-state index contributed by atoms with van der Waals surface area (Å²) >= 11 is 6.22. The van der Waals surface area contributed by atoms with Gasteiger partial charge in [-0.3, -0.25) is 4.98 Å². The van der Waals surface area contributed by atoms with Crippen LogP contribution in [0.3, 0.4) is 0 Å². The third-order valence-electron chi connectivity index (χ3n) is 4.91. The van der Waals surface area contributed by atoms with Crippen molar-refractivity contribution in [1.82, 2.24) is 19.9 Å². The number of hydrogen-bond acceptors (Lipinski definition) is 8. The van der Waals surface area contributed by atoms with Crippen LogP contribution in [0.2, 0.25) is 5.02 Å². The summed E-state index contributed by atoms with van der Waals surface area (Å²) in [7, 11) is 1.57. The van der Waals surface area contributed by atoms with E-state index in [0.717, 1.165) is 16.5 Å². The van der Waals surface area contributed by atoms with Crippen LogP contribution in [0.25, 0.3) is 10.9 Å². The van der Waals surface area contributed by atoms with Crippen LogP contribution in [-0.4, -0.2) is 45.8 Å². The lowest BCUT2D eigenvalue weighted by atomic mass is 10.1. The summed E-state index contributed by atoms with van der Waals surface area (Å²) in [5, 5.41) is 4.57. The Morgan fingerprint density at radius 1 is 1.30 bits per heavy atom. The Morgan fingerprint density at radius 2 is 2.13 bits per heavy atom. The van der Waals surface area contributed by atoms with E-state index in [9.17, 15) is 4.79 Å². The molecule has 1 aliphatic heterocycles. The van der Waals surface area contributed by atoms with Gasteiger partial charge in [-0.2, -0.15) is 4.98 Å². The number of anilines is 2. The fraction of sp³-hybridized carbons (Fsp3) is 0.350. The average Bonchev–Trinajstić information content (AvgIpc) is 3.13. The zero-order valence-corrected chi connectivity index (χ0v) is 17.6. The van der Waals surface area contributed by atoms with E-state index in [2.05, 4.69) is 25.3 Å². The van der Waals surface area contributed by atoms with E-state index in [1.54, 1.807) is 19.4 Å². The summed E-state index contributed by atoms with van der Waals surface area (Å²) < 4.78 is 10.4. The van der Waals surface area contributed by atoms with Crippen molar-refractivity contribution >= 4 is 40.5 Å². The first-order chi connectivity index (χ1) is 14.5. The number of methoxy groups -OCH3 is 1. The van der Waals surface area contributed by atoms with Gasteiger partial charge in [0.1, 0.15) is 18.7 Å². The lowest BCUT2D eigenvalue weighted by Crippen LogP contribution is -2.38. The normalized spacial score (nSPS) is 16.2. The lowest BCUT2D eigenvalue weighted by Gasteiger charge is -2.22. The van der Waals surface area contributed by atoms with Gasteiger partial charge < -0.3 is 14.8 Å². The first-order valence-corrected chi connectivity index (χ1v) is 9.85. The third kappa shape index (κ3) is 3.93. The van der Waals surface area contributed by atoms with E-state index < -0.39 is 6.09 Å². The molecule has 156 valence electrons. The number of nitrogens with zero attached hydrogens (tertiary/aromatic N) is 5. The molecule has 1 aromatic carbocycles. The molecule has 1 N–H and O–H groups in total. The molecule has 1 saturated heterocycles. The minimum atomic E-state index is -0.447. The number of carbonyl (C=O) groups is 1. The highest BCUT2D eigenvalue weighted by atomic mass is 35.5. The Morgan fingerprint density at radius 3 is 2.90 bits per heavy atom. The molecule has 9 nitrogen and oxygen atoms in total. The molecule has 4 rings (SSSR count). The molecule has 1 aliphatic rings. The number of aromatic nitrogens is 4. The van der Waals surface area contributed by atoms with Crippen LogP contribution < -0.4 is 15.0 Å². The van der Waals surface area contributed by atoms with E-state index in [-0.39, 0.29) is 17.9 Å². The predicted molar refractivity (Wildman–Crippen MR) is 113 cm³/mol. The van der Waals surface area contributed by atoms with Gasteiger partial charge in [0.05, 0.1) is 23.7 Å². The van der Waals surface area contributed by atoms with Crippen LogP contribution >= 0.6 is 11.6 Å². The smallest absolute Gasteiger partial charge is 0.417 e. The molecule has 3 aromatic rings. The molecule has 3 heterocycles. The molecule has 0 radical (unpaired) electrons. The Labute approximate surface area is 178 Å². The minimum absolute atomic E-state index is 0.112. The Bertz CT molecular complexity index is 1090. The quantitative estimate of drug-likeness (QED) is 0.634. The number of carbonyl (C=O) groups excluding carboxylic acids is 1. The zero-order chi connectivity index (χ0) is 21.3. The van der Waals surface area contributed by atoms with Gasteiger partial charge in [-0.05, 0) is 23.6 Å². The second-order valence-electron chi connectivity index (χ2n) is 7.24. The monoisotopic (exact) mass is 428 g/mol. The van der Waals surface area contributed by atoms with Crippen LogP contribution in [0, 0.1) is 5.92 Å². The number of ether oxygens (including phenoxy) is 2. The molecular formula is C20H21ClN6O3. The Balaban J connectivity index is 1.52. The van der Waals surface area contributed by atoms with Crippen molar-refractivity contribution in [3.05, 3.63) is 41.3 Å². The van der Waals surface area contributed by atoms with Crippen LogP contribution in [0.1, 0.15) is 19.4 Å². The highest BCUT2D eigenvalue weighted by Crippen LogP contribution is 2.29. The van der Waals surface area contributed by atoms with Crippen LogP contribution in [0.15, 0.2) is 30.7 Å². The van der Waals surface area contributed by atoms with Crippen molar-refractivity contribution in [2.24, 2.45) is 5.92 Å². The molecule has 1 fully saturated rings. The first kappa shape index (κ1) is 20.1. The largest absolute Gasteiger partial charge is 0.495 e. The van der Waals surface area contributed by atoms with Crippen molar-refractivity contribution in [3.8, 4) is 5.75 Å². The number of amides is 1. The number of nitrogens with one attached hydrogen (secondary N) is 1. The maximum atomic E-state index is 12.1. The van der Waals surface area contributed by atoms with Gasteiger partial charge in [-0.15, -0.1) is 0 Å². The highest BCUT2D eigenvalue weighted by Gasteiger charge is 2.38. The number of fused-ring (bicyclic) bond motifs is 1. The van der Waals surface area contributed by atoms with Gasteiger partial charge in [0.15, 0.2) is 0 Å². The number of hydrogen-bond donors (Lipinski definition) is 1. The van der Waals surface area contributed by atoms with Crippen LogP contribution in [0.5, 0.6) is 5.75 Å². The summed E-state index contributed by atoms with van der Waals surface area (Å²) in [6, 6.07) is 5.49. The molecule has 1 atom stereocenters. The van der Waals surface area contributed by atoms with Gasteiger partial charge >= 0.3 is 6.09 Å². The van der Waals surface area contributed by atoms with Crippen molar-refractivity contribution in [3.63, 3.8) is 0 Å². The number of benzene rings is 1. The maximum Gasteiger partial charge on any atom is 0.417 e. The van der Waals surface area contributed by atoms with Crippen molar-refractivity contribution in [2.45, 2.75) is 26.4 Å². The summed E-state index contributed by atoms with van der Waals surface area (Å²) in [5.74, 6) is 1.42. The summed E-state index contributed by atoms with van der Waals surface area (Å²) in [4.78, 5) is 30.8. The molecule has 0 aliphatic carbocycles. The van der Waals surface area contributed by atoms with Gasteiger partial charge in [0, 0.05) is 24.2 Å². The average molecular weight is 429 g/mol. The second-order valence-corrected chi connectivity index (χ2v) is 7.65. The number of pyridine rings is 1. The van der Waals surface area contributed by atoms with E-state index in [1.165, 1.54) is 11.2 Å². The first-order valence-electron chi connectivity index (χ1n) is 9.47. The van der Waals surface area contributed by atoms with E-state index in [4.69, 9.17) is 21.1 Å². The van der Waals surface area contributed by atoms with Crippen LogP contribution in [0.4, 0.5) is 16.7 Å². The van der Waals surface area contributed by atoms with Crippen molar-refractivity contribution in [1.29, 1.82) is 0 Å². The third-order valence-corrected chi connectivity index (χ3v) is 5.21. The number of halogens is 1. The molecular weight excluding hydrogens is 408 g/mol. The predicted octanol–water partition coefficient (Wildman–Crippen LogP) is 3.68. The molecule has 0 unspecified atom stereocenters. The van der Waals surface area contributed by atoms with E-state index in [0.29, 0.717) is 29.9 Å². The molecule has 0 spiro atoms. The summed E-state index contributed by atoms with van der Waals surface area (Å²) in [6.45, 7) is 4.80. The molecule has 0 bridgehead atoms. The Kier molecular flexibility index (Phi) is 5.54. The lowest BCUT2D eigenvalue weighted by molar-refractivity contribution is 0.177. The van der Waals surface area contributed by atoms with Gasteiger partial charge in [0.2, 0.25) is 11.9 Å². The molecule has 30 heavy (non-hydrogen) atoms. The van der Waals surface area contributed by atoms with E-state index >= 15 is 0 Å². The van der Waals surface area contributed by atoms with Crippen molar-refractivity contribution in [2.75, 3.05) is 23.9 Å². The van der Waals surface area contributed by atoms with Gasteiger partial charge in [-0.25, -0.2) is 19.7 Å². The Hall–Kier alpha value is -3.20. The van der Waals surface area contributed by atoms with Gasteiger partial charge in [-0.1, -0.05) is 25.4 Å². The zero-order valence-electron chi connectivity index (χ0n) is 16.8. The minimum Gasteiger partial charge on any atom is -0.495 e. The van der Waals surface area contributed by atoms with Gasteiger partial charge in [0.25, 0.3) is 0 Å². The molecule has 0 saturated carbocycles. The van der Waals surface area contributed by atoms with E-state index in [1.807, 2.05) is 26.0 Å². The number of cyclic esters (lactones) is 1. The fourth-order valence-electron chi connectivity index (χ4n) is 3.25. The van der Waals surface area contributed by atoms with Crippen LogP contribution in [-0.2, 0) is 11.3 Å². The maximum absolute atomic E-state index is 12.1. The standard InChI is InChI=1S/C20H21ClN6O3/c1-11(2)16-9-30-20(28)27(16)19-25-10-24-18(26-19)23-8-12-4-13-5-14(21)17(29-3)6-15(13)22-7-12/h4-7,10-11,16H,8-9H2,1-3H3,(H,23,24,25,26)/t16-/m1/s1. The van der Waals surface area contributed by atoms with Crippen molar-refractivity contribution < 1.29 is 14.3 Å². The molecule has 2 aromatic heterocycles. The fourth-order valence-corrected chi connectivity index (χ4v) is 3.50.